The fourth-order valence-electron chi connectivity index (χ4n) is 2.70. The van der Waals surface area contributed by atoms with E-state index in [1.165, 1.54) is 0 Å². The summed E-state index contributed by atoms with van der Waals surface area (Å²) >= 11 is 0. The number of benzene rings is 1. The molecule has 1 amide bonds. The molecule has 0 saturated heterocycles. The lowest BCUT2D eigenvalue weighted by Gasteiger charge is -2.38. The van der Waals surface area contributed by atoms with Crippen LogP contribution in [0, 0.1) is 5.41 Å². The molecule has 3 heteroatoms. The minimum absolute atomic E-state index is 0.00558. The maximum absolute atomic E-state index is 12.6. The van der Waals surface area contributed by atoms with E-state index in [0.717, 1.165) is 11.3 Å². The van der Waals surface area contributed by atoms with Gasteiger partial charge in [-0.15, -0.1) is 0 Å². The Morgan fingerprint density at radius 1 is 1.26 bits per heavy atom. The molecule has 0 aromatic heterocycles. The number of nitrogens with zero attached hydrogens (tertiary/aromatic N) is 1. The zero-order valence-electron chi connectivity index (χ0n) is 11.8. The molecule has 1 aromatic rings. The number of hydrogen-bond acceptors (Lipinski definition) is 2. The van der Waals surface area contributed by atoms with Crippen LogP contribution in [0.4, 0.5) is 0 Å². The Hall–Kier alpha value is -1.61. The van der Waals surface area contributed by atoms with Crippen molar-refractivity contribution in [2.24, 2.45) is 5.41 Å². The second-order valence-corrected chi connectivity index (χ2v) is 6.06. The fraction of sp³-hybridized carbons (Fsp3) is 0.438. The second kappa shape index (κ2) is 4.82. The molecular formula is C16H21NO2. The minimum atomic E-state index is -0.108. The van der Waals surface area contributed by atoms with Gasteiger partial charge in [-0.3, -0.25) is 4.79 Å². The standard InChI is InChI=1S/C16H21NO2/c1-11-12-7-5-6-8-13(12)15(19)17(11)14(9-10-18)16(2,3)4/h5-8,14,18H,1,9-10H2,2-4H3. The van der Waals surface area contributed by atoms with E-state index in [0.29, 0.717) is 12.0 Å². The van der Waals surface area contributed by atoms with Gasteiger partial charge in [-0.1, -0.05) is 45.5 Å². The largest absolute Gasteiger partial charge is 0.396 e. The molecule has 2 rings (SSSR count). The Morgan fingerprint density at radius 2 is 1.84 bits per heavy atom. The van der Waals surface area contributed by atoms with Gasteiger partial charge in [-0.25, -0.2) is 0 Å². The number of hydrogen-bond donors (Lipinski definition) is 1. The van der Waals surface area contributed by atoms with Crippen LogP contribution in [0.3, 0.4) is 0 Å². The third-order valence-corrected chi connectivity index (χ3v) is 3.69. The van der Waals surface area contributed by atoms with Gasteiger partial charge in [0.2, 0.25) is 0 Å². The summed E-state index contributed by atoms with van der Waals surface area (Å²) in [7, 11) is 0. The number of aliphatic hydroxyl groups excluding tert-OH is 1. The molecule has 0 aliphatic carbocycles. The predicted octanol–water partition coefficient (Wildman–Crippen LogP) is 2.91. The van der Waals surface area contributed by atoms with Crippen molar-refractivity contribution in [3.8, 4) is 0 Å². The molecule has 1 aromatic carbocycles. The van der Waals surface area contributed by atoms with Crippen LogP contribution in [-0.2, 0) is 0 Å². The predicted molar refractivity (Wildman–Crippen MR) is 76.6 cm³/mol. The number of fused-ring (bicyclic) bond motifs is 1. The van der Waals surface area contributed by atoms with Crippen molar-refractivity contribution in [1.82, 2.24) is 4.90 Å². The minimum Gasteiger partial charge on any atom is -0.396 e. The SMILES string of the molecule is C=C1c2ccccc2C(=O)N1C(CCO)C(C)(C)C. The molecule has 102 valence electrons. The summed E-state index contributed by atoms with van der Waals surface area (Å²) in [5.74, 6) is -0.00558. The van der Waals surface area contributed by atoms with Gasteiger partial charge in [0.1, 0.15) is 0 Å². The van der Waals surface area contributed by atoms with Crippen LogP contribution in [0.1, 0.15) is 43.1 Å². The first-order valence-corrected chi connectivity index (χ1v) is 6.60. The first-order chi connectivity index (χ1) is 8.88. The van der Waals surface area contributed by atoms with Crippen LogP contribution in [0.15, 0.2) is 30.8 Å². The van der Waals surface area contributed by atoms with Crippen molar-refractivity contribution >= 4 is 11.6 Å². The Morgan fingerprint density at radius 3 is 2.32 bits per heavy atom. The molecule has 0 spiro atoms. The van der Waals surface area contributed by atoms with Crippen LogP contribution < -0.4 is 0 Å². The third kappa shape index (κ3) is 2.30. The average Bonchev–Trinajstić information content (AvgIpc) is 2.59. The summed E-state index contributed by atoms with van der Waals surface area (Å²) in [6.07, 6.45) is 0.558. The van der Waals surface area contributed by atoms with Crippen LogP contribution in [0.2, 0.25) is 0 Å². The van der Waals surface area contributed by atoms with Gasteiger partial charge >= 0.3 is 0 Å². The van der Waals surface area contributed by atoms with Crippen molar-refractivity contribution in [3.05, 3.63) is 42.0 Å². The van der Waals surface area contributed by atoms with Gasteiger partial charge in [-0.2, -0.15) is 0 Å². The van der Waals surface area contributed by atoms with E-state index in [2.05, 4.69) is 27.4 Å². The van der Waals surface area contributed by atoms with Gasteiger partial charge in [-0.05, 0) is 17.9 Å². The zero-order valence-corrected chi connectivity index (χ0v) is 11.8. The Balaban J connectivity index is 2.42. The zero-order chi connectivity index (χ0) is 14.2. The fourth-order valence-corrected chi connectivity index (χ4v) is 2.70. The smallest absolute Gasteiger partial charge is 0.259 e. The van der Waals surface area contributed by atoms with Crippen molar-refractivity contribution < 1.29 is 9.90 Å². The number of rotatable bonds is 3. The topological polar surface area (TPSA) is 40.5 Å². The van der Waals surface area contributed by atoms with Crippen molar-refractivity contribution in [2.45, 2.75) is 33.2 Å². The summed E-state index contributed by atoms with van der Waals surface area (Å²) < 4.78 is 0. The monoisotopic (exact) mass is 259 g/mol. The molecule has 1 aliphatic heterocycles. The third-order valence-electron chi connectivity index (χ3n) is 3.69. The van der Waals surface area contributed by atoms with Crippen molar-refractivity contribution in [1.29, 1.82) is 0 Å². The molecule has 0 radical (unpaired) electrons. The first-order valence-electron chi connectivity index (χ1n) is 6.60. The highest BCUT2D eigenvalue weighted by molar-refractivity contribution is 6.09. The van der Waals surface area contributed by atoms with Crippen molar-refractivity contribution in [3.63, 3.8) is 0 Å². The number of amides is 1. The number of aliphatic hydroxyl groups is 1. The van der Waals surface area contributed by atoms with E-state index < -0.39 is 0 Å². The molecule has 1 heterocycles. The lowest BCUT2D eigenvalue weighted by Crippen LogP contribution is -2.44. The Labute approximate surface area is 114 Å². The van der Waals surface area contributed by atoms with Gasteiger partial charge < -0.3 is 10.0 Å². The van der Waals surface area contributed by atoms with Crippen LogP contribution >= 0.6 is 0 Å². The maximum atomic E-state index is 12.6. The summed E-state index contributed by atoms with van der Waals surface area (Å²) in [6, 6.07) is 7.49. The lowest BCUT2D eigenvalue weighted by molar-refractivity contribution is 0.0656. The maximum Gasteiger partial charge on any atom is 0.259 e. The quantitative estimate of drug-likeness (QED) is 0.906. The van der Waals surface area contributed by atoms with E-state index in [1.54, 1.807) is 4.90 Å². The summed E-state index contributed by atoms with van der Waals surface area (Å²) in [5, 5.41) is 9.28. The molecule has 0 saturated carbocycles. The number of carbonyl (C=O) groups is 1. The number of carbonyl (C=O) groups excluding carboxylic acids is 1. The lowest BCUT2D eigenvalue weighted by atomic mass is 9.83. The first kappa shape index (κ1) is 13.8. The summed E-state index contributed by atoms with van der Waals surface area (Å²) in [5.41, 5.74) is 2.25. The van der Waals surface area contributed by atoms with E-state index in [-0.39, 0.29) is 24.0 Å². The second-order valence-electron chi connectivity index (χ2n) is 6.06. The molecule has 1 aliphatic rings. The van der Waals surface area contributed by atoms with Crippen molar-refractivity contribution in [2.75, 3.05) is 6.61 Å². The summed E-state index contributed by atoms with van der Waals surface area (Å²) in [4.78, 5) is 14.3. The van der Waals surface area contributed by atoms with Crippen LogP contribution in [-0.4, -0.2) is 28.6 Å². The van der Waals surface area contributed by atoms with Gasteiger partial charge in [0.15, 0.2) is 0 Å². The molecule has 1 N–H and O–H groups in total. The van der Waals surface area contributed by atoms with Gasteiger partial charge in [0.05, 0.1) is 0 Å². The normalized spacial score (nSPS) is 16.7. The molecular weight excluding hydrogens is 238 g/mol. The van der Waals surface area contributed by atoms with Gasteiger partial charge in [0.25, 0.3) is 5.91 Å². The molecule has 1 unspecified atom stereocenters. The van der Waals surface area contributed by atoms with Crippen LogP contribution in [0.25, 0.3) is 5.70 Å². The van der Waals surface area contributed by atoms with E-state index in [4.69, 9.17) is 0 Å². The van der Waals surface area contributed by atoms with E-state index in [9.17, 15) is 9.90 Å². The highest BCUT2D eigenvalue weighted by Crippen LogP contribution is 2.39. The molecule has 19 heavy (non-hydrogen) atoms. The molecule has 1 atom stereocenters. The highest BCUT2D eigenvalue weighted by Gasteiger charge is 2.40. The summed E-state index contributed by atoms with van der Waals surface area (Å²) in [6.45, 7) is 10.4. The molecule has 0 bridgehead atoms. The molecule has 3 nitrogen and oxygen atoms in total. The van der Waals surface area contributed by atoms with E-state index in [1.807, 2.05) is 24.3 Å². The van der Waals surface area contributed by atoms with Crippen LogP contribution in [0.5, 0.6) is 0 Å². The Kier molecular flexibility index (Phi) is 3.50. The molecule has 0 fully saturated rings. The highest BCUT2D eigenvalue weighted by atomic mass is 16.3. The van der Waals surface area contributed by atoms with Gasteiger partial charge in [0, 0.05) is 29.5 Å². The average molecular weight is 259 g/mol. The Bertz CT molecular complexity index is 479. The van der Waals surface area contributed by atoms with E-state index >= 15 is 0 Å².